The summed E-state index contributed by atoms with van der Waals surface area (Å²) in [4.78, 5) is 40.3. The first-order valence-electron chi connectivity index (χ1n) is 15.6. The number of hydrogen-bond donors (Lipinski definition) is 4. The smallest absolute Gasteiger partial charge is 0.408 e. The van der Waals surface area contributed by atoms with Crippen LogP contribution in [0.15, 0.2) is 66.7 Å². The molecular weight excluding hydrogens is 584 g/mol. The van der Waals surface area contributed by atoms with E-state index in [1.54, 1.807) is 32.9 Å². The minimum Gasteiger partial charge on any atom is -0.508 e. The first kappa shape index (κ1) is 35.9. The van der Waals surface area contributed by atoms with Crippen LogP contribution in [0.3, 0.4) is 0 Å². The Morgan fingerprint density at radius 3 is 1.93 bits per heavy atom. The summed E-state index contributed by atoms with van der Waals surface area (Å²) in [5.74, 6) is -0.976. The first-order valence-corrected chi connectivity index (χ1v) is 15.6. The number of benzene rings is 3. The quantitative estimate of drug-likeness (QED) is 0.179. The molecule has 0 saturated carbocycles. The van der Waals surface area contributed by atoms with Crippen molar-refractivity contribution in [1.29, 1.82) is 0 Å². The van der Waals surface area contributed by atoms with Gasteiger partial charge in [-0.1, -0.05) is 89.2 Å². The van der Waals surface area contributed by atoms with E-state index in [-0.39, 0.29) is 36.9 Å². The van der Waals surface area contributed by atoms with E-state index in [2.05, 4.69) is 10.6 Å². The third kappa shape index (κ3) is 10.8. The van der Waals surface area contributed by atoms with Crippen molar-refractivity contribution < 1.29 is 34.1 Å². The van der Waals surface area contributed by atoms with Gasteiger partial charge >= 0.3 is 12.1 Å². The van der Waals surface area contributed by atoms with Crippen LogP contribution in [-0.4, -0.2) is 45.9 Å². The molecule has 4 N–H and O–H groups in total. The molecule has 0 fully saturated rings. The molecule has 0 bridgehead atoms. The molecule has 0 aliphatic heterocycles. The van der Waals surface area contributed by atoms with E-state index in [1.807, 2.05) is 77.1 Å². The molecule has 248 valence electrons. The largest absolute Gasteiger partial charge is 0.508 e. The molecule has 2 amide bonds. The van der Waals surface area contributed by atoms with Crippen molar-refractivity contribution in [2.75, 3.05) is 0 Å². The molecule has 0 radical (unpaired) electrons. The Bertz CT molecular complexity index is 1490. The van der Waals surface area contributed by atoms with Crippen molar-refractivity contribution in [3.05, 3.63) is 94.5 Å². The summed E-state index contributed by atoms with van der Waals surface area (Å²) in [6.07, 6.45) is -0.628. The summed E-state index contributed by atoms with van der Waals surface area (Å²) in [7, 11) is 0. The van der Waals surface area contributed by atoms with Crippen molar-refractivity contribution in [3.8, 4) is 11.5 Å². The highest BCUT2D eigenvalue weighted by Gasteiger charge is 2.31. The Hall–Kier alpha value is -4.53. The fourth-order valence-electron chi connectivity index (χ4n) is 4.91. The third-order valence-corrected chi connectivity index (χ3v) is 7.28. The molecule has 0 saturated heterocycles. The van der Waals surface area contributed by atoms with E-state index >= 15 is 0 Å². The van der Waals surface area contributed by atoms with Crippen molar-refractivity contribution >= 4 is 18.0 Å². The Labute approximate surface area is 272 Å². The zero-order valence-corrected chi connectivity index (χ0v) is 28.1. The molecule has 0 spiro atoms. The predicted octanol–water partition coefficient (Wildman–Crippen LogP) is 6.43. The highest BCUT2D eigenvalue weighted by molar-refractivity contribution is 5.90. The van der Waals surface area contributed by atoms with Crippen LogP contribution in [0.25, 0.3) is 0 Å². The summed E-state index contributed by atoms with van der Waals surface area (Å²) >= 11 is 0. The lowest BCUT2D eigenvalue weighted by Crippen LogP contribution is -2.54. The maximum Gasteiger partial charge on any atom is 0.408 e. The normalized spacial score (nSPS) is 13.1. The van der Waals surface area contributed by atoms with Gasteiger partial charge in [0.2, 0.25) is 5.91 Å². The SMILES string of the molecule is CC(C)c1cc(CC(NC(=O)OC(C)(C)C)C(=O)N[C@H](Cc2ccc(O)cc2)C(=O)OCc2ccccc2)cc(C(C)(C)C)c1O. The molecule has 0 aliphatic rings. The van der Waals surface area contributed by atoms with Crippen molar-refractivity contribution in [2.24, 2.45) is 0 Å². The van der Waals surface area contributed by atoms with Gasteiger partial charge in [0.15, 0.2) is 0 Å². The minimum atomic E-state index is -1.13. The monoisotopic (exact) mass is 632 g/mol. The standard InChI is InChI=1S/C37H48N2O7/c1-23(2)28-18-26(19-29(32(28)41)36(3,4)5)21-30(39-35(44)46-37(6,7)8)33(42)38-31(20-24-14-16-27(40)17-15-24)34(43)45-22-25-12-10-9-11-13-25/h9-19,23,30-31,40-41H,20-22H2,1-8H3,(H,38,42)(H,39,44)/t30?,31-/m1/s1. The molecule has 2 atom stereocenters. The van der Waals surface area contributed by atoms with E-state index < -0.39 is 41.1 Å². The van der Waals surface area contributed by atoms with Crippen LogP contribution >= 0.6 is 0 Å². The molecule has 0 aliphatic carbocycles. The zero-order valence-electron chi connectivity index (χ0n) is 28.1. The fraction of sp³-hybridized carbons (Fsp3) is 0.432. The number of rotatable bonds is 11. The van der Waals surface area contributed by atoms with Gasteiger partial charge in [-0.05, 0) is 72.1 Å². The maximum atomic E-state index is 14.0. The highest BCUT2D eigenvalue weighted by Crippen LogP contribution is 2.38. The number of esters is 1. The average molecular weight is 633 g/mol. The molecule has 9 nitrogen and oxygen atoms in total. The van der Waals surface area contributed by atoms with E-state index in [0.29, 0.717) is 5.56 Å². The lowest BCUT2D eigenvalue weighted by Gasteiger charge is -2.27. The van der Waals surface area contributed by atoms with Crippen LogP contribution in [0.1, 0.15) is 89.1 Å². The highest BCUT2D eigenvalue weighted by atomic mass is 16.6. The number of aromatic hydroxyl groups is 2. The number of carbonyl (C=O) groups excluding carboxylic acids is 3. The van der Waals surface area contributed by atoms with Gasteiger partial charge in [0, 0.05) is 12.8 Å². The number of carbonyl (C=O) groups is 3. The Morgan fingerprint density at radius 2 is 1.37 bits per heavy atom. The van der Waals surface area contributed by atoms with Gasteiger partial charge < -0.3 is 30.3 Å². The molecule has 3 rings (SSSR count). The van der Waals surface area contributed by atoms with E-state index in [4.69, 9.17) is 9.47 Å². The number of amides is 2. The van der Waals surface area contributed by atoms with E-state index in [0.717, 1.165) is 22.3 Å². The van der Waals surface area contributed by atoms with Gasteiger partial charge in [-0.15, -0.1) is 0 Å². The lowest BCUT2D eigenvalue weighted by atomic mass is 9.81. The Kier molecular flexibility index (Phi) is 11.9. The topological polar surface area (TPSA) is 134 Å². The Balaban J connectivity index is 1.96. The summed E-state index contributed by atoms with van der Waals surface area (Å²) in [6, 6.07) is 17.0. The second kappa shape index (κ2) is 15.2. The van der Waals surface area contributed by atoms with Crippen LogP contribution in [0.4, 0.5) is 4.79 Å². The molecule has 46 heavy (non-hydrogen) atoms. The number of alkyl carbamates (subject to hydrolysis) is 1. The Morgan fingerprint density at radius 1 is 0.761 bits per heavy atom. The van der Waals surface area contributed by atoms with Crippen LogP contribution in [0.5, 0.6) is 11.5 Å². The molecule has 0 aromatic heterocycles. The van der Waals surface area contributed by atoms with Crippen molar-refractivity contribution in [1.82, 2.24) is 10.6 Å². The van der Waals surface area contributed by atoms with Gasteiger partial charge in [-0.2, -0.15) is 0 Å². The van der Waals surface area contributed by atoms with E-state index in [9.17, 15) is 24.6 Å². The van der Waals surface area contributed by atoms with Gasteiger partial charge in [0.1, 0.15) is 35.8 Å². The molecular formula is C37H48N2O7. The van der Waals surface area contributed by atoms with Crippen LogP contribution < -0.4 is 10.6 Å². The van der Waals surface area contributed by atoms with Crippen molar-refractivity contribution in [3.63, 3.8) is 0 Å². The second-order valence-corrected chi connectivity index (χ2v) is 13.9. The van der Waals surface area contributed by atoms with Crippen molar-refractivity contribution in [2.45, 2.75) is 104 Å². The summed E-state index contributed by atoms with van der Waals surface area (Å²) in [6.45, 7) is 15.1. The van der Waals surface area contributed by atoms with Gasteiger partial charge in [0.05, 0.1) is 0 Å². The number of ether oxygens (including phenoxy) is 2. The average Bonchev–Trinajstić information content (AvgIpc) is 2.95. The molecule has 0 heterocycles. The number of phenols is 2. The van der Waals surface area contributed by atoms with Gasteiger partial charge in [-0.25, -0.2) is 9.59 Å². The number of phenolic OH excluding ortho intramolecular Hbond substituents is 2. The fourth-order valence-corrected chi connectivity index (χ4v) is 4.91. The van der Waals surface area contributed by atoms with E-state index in [1.165, 1.54) is 12.1 Å². The van der Waals surface area contributed by atoms with Crippen LogP contribution in [-0.2, 0) is 43.9 Å². The van der Waals surface area contributed by atoms with Crippen LogP contribution in [0.2, 0.25) is 0 Å². The lowest BCUT2D eigenvalue weighted by molar-refractivity contribution is -0.149. The zero-order chi connectivity index (χ0) is 34.2. The second-order valence-electron chi connectivity index (χ2n) is 13.9. The number of nitrogens with one attached hydrogen (secondary N) is 2. The summed E-state index contributed by atoms with van der Waals surface area (Å²) in [5.41, 5.74) is 2.45. The summed E-state index contributed by atoms with van der Waals surface area (Å²) in [5, 5.41) is 26.3. The molecule has 1 unspecified atom stereocenters. The maximum absolute atomic E-state index is 14.0. The van der Waals surface area contributed by atoms with Gasteiger partial charge in [-0.3, -0.25) is 4.79 Å². The molecule has 3 aromatic carbocycles. The first-order chi connectivity index (χ1) is 21.4. The molecule has 3 aromatic rings. The van der Waals surface area contributed by atoms with Crippen LogP contribution in [0, 0.1) is 0 Å². The predicted molar refractivity (Wildman–Crippen MR) is 178 cm³/mol. The molecule has 9 heteroatoms. The minimum absolute atomic E-state index is 0.00113. The summed E-state index contributed by atoms with van der Waals surface area (Å²) < 4.78 is 11.1. The number of hydrogen-bond acceptors (Lipinski definition) is 7. The van der Waals surface area contributed by atoms with Gasteiger partial charge in [0.25, 0.3) is 0 Å². The third-order valence-electron chi connectivity index (χ3n) is 7.28.